The molecule has 1 unspecified atom stereocenters. The summed E-state index contributed by atoms with van der Waals surface area (Å²) in [5.74, 6) is -3.31. The third kappa shape index (κ3) is 5.49. The first-order valence-electron chi connectivity index (χ1n) is 12.8. The average Bonchev–Trinajstić information content (AvgIpc) is 3.43. The molecule has 0 aromatic heterocycles. The van der Waals surface area contributed by atoms with E-state index in [1.165, 1.54) is 4.90 Å². The monoisotopic (exact) mass is 583 g/mol. The van der Waals surface area contributed by atoms with Crippen LogP contribution in [0, 0.1) is 11.8 Å². The maximum Gasteiger partial charge on any atom is 0.312 e. The van der Waals surface area contributed by atoms with Gasteiger partial charge in [-0.25, -0.2) is 0 Å². The number of nitrogens with zero attached hydrogens (tertiary/aromatic N) is 2. The quantitative estimate of drug-likeness (QED) is 0.189. The predicted octanol–water partition coefficient (Wildman–Crippen LogP) is 1.16. The zero-order valence-corrected chi connectivity index (χ0v) is 23.3. The summed E-state index contributed by atoms with van der Waals surface area (Å²) in [7, 11) is 0. The molecule has 3 saturated heterocycles. The summed E-state index contributed by atoms with van der Waals surface area (Å²) in [6.07, 6.45) is 3.21. The lowest BCUT2D eigenvalue weighted by atomic mass is 9.70. The SMILES string of the molecule is C=CCCC(=O)NC[C@@H](C)OC(=O)[C@@H]1[C@H]2O[C@@]3(CC2Br)[C@H](C(=O)N(CC=C)C(C)C)N(CCO)C(=O)[C@@H]13. The highest BCUT2D eigenvalue weighted by molar-refractivity contribution is 9.09. The van der Waals surface area contributed by atoms with E-state index in [0.717, 1.165) is 0 Å². The van der Waals surface area contributed by atoms with Crippen molar-refractivity contribution in [2.24, 2.45) is 11.8 Å². The van der Waals surface area contributed by atoms with E-state index in [4.69, 9.17) is 9.47 Å². The second-order valence-corrected chi connectivity index (χ2v) is 11.3. The summed E-state index contributed by atoms with van der Waals surface area (Å²) in [4.78, 5) is 55.6. The Labute approximate surface area is 226 Å². The van der Waals surface area contributed by atoms with Crippen LogP contribution in [0.1, 0.15) is 40.0 Å². The molecule has 2 bridgehead atoms. The fraction of sp³-hybridized carbons (Fsp3) is 0.692. The van der Waals surface area contributed by atoms with E-state index in [0.29, 0.717) is 19.3 Å². The number of allylic oxidation sites excluding steroid dienone is 1. The van der Waals surface area contributed by atoms with Crippen molar-refractivity contribution < 1.29 is 33.8 Å². The van der Waals surface area contributed by atoms with Crippen molar-refractivity contribution in [3.8, 4) is 0 Å². The van der Waals surface area contributed by atoms with E-state index < -0.39 is 47.6 Å². The molecule has 0 aliphatic carbocycles. The number of fused-ring (bicyclic) bond motifs is 1. The van der Waals surface area contributed by atoms with Crippen molar-refractivity contribution in [1.82, 2.24) is 15.1 Å². The van der Waals surface area contributed by atoms with E-state index in [-0.39, 0.29) is 48.9 Å². The topological polar surface area (TPSA) is 125 Å². The van der Waals surface area contributed by atoms with Gasteiger partial charge in [0.2, 0.25) is 17.7 Å². The molecule has 3 amide bonds. The van der Waals surface area contributed by atoms with Crippen molar-refractivity contribution in [3.63, 3.8) is 0 Å². The number of β-amino-alcohol motifs (C(OH)–C–C–N with tert-alkyl or cyclic N) is 1. The first-order valence-corrected chi connectivity index (χ1v) is 13.7. The number of nitrogens with one attached hydrogen (secondary N) is 1. The lowest BCUT2D eigenvalue weighted by Gasteiger charge is -2.38. The summed E-state index contributed by atoms with van der Waals surface area (Å²) < 4.78 is 12.1. The predicted molar refractivity (Wildman–Crippen MR) is 140 cm³/mol. The van der Waals surface area contributed by atoms with Gasteiger partial charge in [0.15, 0.2) is 0 Å². The second kappa shape index (κ2) is 12.1. The minimum Gasteiger partial charge on any atom is -0.460 e. The van der Waals surface area contributed by atoms with Gasteiger partial charge in [-0.2, -0.15) is 0 Å². The molecule has 0 aromatic carbocycles. The molecule has 10 nitrogen and oxygen atoms in total. The van der Waals surface area contributed by atoms with Crippen molar-refractivity contribution in [2.75, 3.05) is 26.2 Å². The molecular formula is C26H38BrN3O7. The van der Waals surface area contributed by atoms with Crippen molar-refractivity contribution in [1.29, 1.82) is 0 Å². The molecule has 0 radical (unpaired) electrons. The number of alkyl halides is 1. The molecule has 3 rings (SSSR count). The van der Waals surface area contributed by atoms with E-state index in [9.17, 15) is 24.3 Å². The largest absolute Gasteiger partial charge is 0.460 e. The van der Waals surface area contributed by atoms with E-state index >= 15 is 0 Å². The molecule has 1 spiro atoms. The van der Waals surface area contributed by atoms with E-state index in [2.05, 4.69) is 34.4 Å². The molecule has 11 heteroatoms. The van der Waals surface area contributed by atoms with E-state index in [1.807, 2.05) is 13.8 Å². The Morgan fingerprint density at radius 2 is 2.03 bits per heavy atom. The molecule has 0 saturated carbocycles. The van der Waals surface area contributed by atoms with Gasteiger partial charge in [-0.3, -0.25) is 19.2 Å². The number of rotatable bonds is 13. The number of esters is 1. The van der Waals surface area contributed by atoms with Crippen LogP contribution in [0.15, 0.2) is 25.3 Å². The number of carbonyl (C=O) groups excluding carboxylic acids is 4. The molecule has 3 heterocycles. The molecule has 3 aliphatic rings. The third-order valence-corrected chi connectivity index (χ3v) is 8.19. The van der Waals surface area contributed by atoms with Gasteiger partial charge in [0.05, 0.1) is 31.1 Å². The van der Waals surface area contributed by atoms with Crippen LogP contribution in [-0.4, -0.2) is 99.6 Å². The van der Waals surface area contributed by atoms with Crippen molar-refractivity contribution in [3.05, 3.63) is 25.3 Å². The van der Waals surface area contributed by atoms with Crippen LogP contribution in [0.25, 0.3) is 0 Å². The van der Waals surface area contributed by atoms with Gasteiger partial charge in [-0.15, -0.1) is 13.2 Å². The average molecular weight is 585 g/mol. The molecule has 2 N–H and O–H groups in total. The lowest BCUT2D eigenvalue weighted by molar-refractivity contribution is -0.159. The molecule has 37 heavy (non-hydrogen) atoms. The Balaban J connectivity index is 1.85. The van der Waals surface area contributed by atoms with Gasteiger partial charge in [-0.1, -0.05) is 28.1 Å². The molecule has 206 valence electrons. The smallest absolute Gasteiger partial charge is 0.312 e. The minimum atomic E-state index is -1.22. The zero-order chi connectivity index (χ0) is 27.5. The van der Waals surface area contributed by atoms with Crippen LogP contribution in [-0.2, 0) is 28.7 Å². The van der Waals surface area contributed by atoms with E-state index in [1.54, 1.807) is 24.0 Å². The third-order valence-electron chi connectivity index (χ3n) is 7.35. The summed E-state index contributed by atoms with van der Waals surface area (Å²) in [5, 5.41) is 12.4. The zero-order valence-electron chi connectivity index (χ0n) is 21.7. The van der Waals surface area contributed by atoms with Crippen molar-refractivity contribution in [2.45, 2.75) is 74.8 Å². The van der Waals surface area contributed by atoms with Gasteiger partial charge < -0.3 is 29.7 Å². The minimum absolute atomic E-state index is 0.0522. The maximum atomic E-state index is 13.9. The fourth-order valence-corrected chi connectivity index (χ4v) is 6.72. The molecule has 7 atom stereocenters. The normalized spacial score (nSPS) is 30.7. The summed E-state index contributed by atoms with van der Waals surface area (Å²) >= 11 is 3.61. The lowest BCUT2D eigenvalue weighted by Crippen LogP contribution is -2.58. The standard InChI is InChI=1S/C26H38BrN3O7/c1-6-8-9-18(32)28-14-16(5)36-25(35)19-20-23(33)30(11-12-31)22(24(34)29(10-7-2)15(3)4)26(20)13-17(27)21(19)37-26/h6-7,15-17,19-22,31H,1-2,8-14H2,3-5H3,(H,28,32)/t16-,17?,19+,20-,21+,22+,26-/m1/s1. The molecule has 0 aromatic rings. The molecule has 3 fully saturated rings. The Bertz CT molecular complexity index is 928. The Morgan fingerprint density at radius 3 is 2.62 bits per heavy atom. The number of hydrogen-bond acceptors (Lipinski definition) is 7. The Hall–Kier alpha value is -2.24. The highest BCUT2D eigenvalue weighted by Crippen LogP contribution is 2.60. The number of amides is 3. The number of aliphatic hydroxyl groups excluding tert-OH is 1. The fourth-order valence-electron chi connectivity index (χ4n) is 5.78. The maximum absolute atomic E-state index is 13.9. The van der Waals surface area contributed by atoms with Crippen LogP contribution in [0.3, 0.4) is 0 Å². The Morgan fingerprint density at radius 1 is 1.32 bits per heavy atom. The number of ether oxygens (including phenoxy) is 2. The van der Waals surface area contributed by atoms with Crippen LogP contribution in [0.2, 0.25) is 0 Å². The number of aliphatic hydroxyl groups is 1. The van der Waals surface area contributed by atoms with Gasteiger partial charge in [0.25, 0.3) is 0 Å². The number of carbonyl (C=O) groups is 4. The van der Waals surface area contributed by atoms with Crippen LogP contribution < -0.4 is 5.32 Å². The van der Waals surface area contributed by atoms with Crippen LogP contribution >= 0.6 is 15.9 Å². The van der Waals surface area contributed by atoms with Gasteiger partial charge in [-0.05, 0) is 33.6 Å². The van der Waals surface area contributed by atoms with Crippen LogP contribution in [0.4, 0.5) is 0 Å². The number of halogens is 1. The van der Waals surface area contributed by atoms with Gasteiger partial charge in [0, 0.05) is 30.4 Å². The summed E-state index contributed by atoms with van der Waals surface area (Å²) in [6.45, 7) is 12.8. The Kier molecular flexibility index (Phi) is 9.57. The summed E-state index contributed by atoms with van der Waals surface area (Å²) in [6, 6.07) is -1.14. The van der Waals surface area contributed by atoms with Gasteiger partial charge >= 0.3 is 5.97 Å². The van der Waals surface area contributed by atoms with Gasteiger partial charge in [0.1, 0.15) is 17.7 Å². The second-order valence-electron chi connectivity index (χ2n) is 10.2. The highest BCUT2D eigenvalue weighted by atomic mass is 79.9. The first-order chi connectivity index (χ1) is 17.5. The molecule has 3 aliphatic heterocycles. The number of likely N-dealkylation sites (tertiary alicyclic amines) is 1. The van der Waals surface area contributed by atoms with Crippen molar-refractivity contribution >= 4 is 39.6 Å². The molecular weight excluding hydrogens is 546 g/mol. The number of hydrogen-bond donors (Lipinski definition) is 2. The highest BCUT2D eigenvalue weighted by Gasteiger charge is 2.77. The first kappa shape index (κ1) is 29.3. The van der Waals surface area contributed by atoms with Crippen LogP contribution in [0.5, 0.6) is 0 Å². The summed E-state index contributed by atoms with van der Waals surface area (Å²) in [5.41, 5.74) is -1.22.